The van der Waals surface area contributed by atoms with Gasteiger partial charge in [-0.25, -0.2) is 8.42 Å². The minimum atomic E-state index is -2.92. The number of hydrogen-bond acceptors (Lipinski definition) is 3. The highest BCUT2D eigenvalue weighted by molar-refractivity contribution is 7.89. The quantitative estimate of drug-likeness (QED) is 0.675. The molecular weight excluding hydrogens is 200 g/mol. The maximum absolute atomic E-state index is 11.7. The summed E-state index contributed by atoms with van der Waals surface area (Å²) in [6.07, 6.45) is 1.81. The van der Waals surface area contributed by atoms with Crippen molar-refractivity contribution in [3.05, 3.63) is 0 Å². The first kappa shape index (κ1) is 10.4. The standard InChI is InChI=1S/C9H18N2O2S/c1-8-5-9(7-10-6-8)11-3-2-4-14(11,12)13/h8-10H,2-7H2,1H3. The van der Waals surface area contributed by atoms with E-state index in [4.69, 9.17) is 0 Å². The zero-order valence-electron chi connectivity index (χ0n) is 8.57. The number of nitrogens with one attached hydrogen (secondary N) is 1. The molecule has 4 nitrogen and oxygen atoms in total. The van der Waals surface area contributed by atoms with Gasteiger partial charge in [-0.1, -0.05) is 6.92 Å². The molecule has 2 atom stereocenters. The van der Waals surface area contributed by atoms with Gasteiger partial charge in [0.2, 0.25) is 10.0 Å². The molecule has 14 heavy (non-hydrogen) atoms. The van der Waals surface area contributed by atoms with E-state index < -0.39 is 10.0 Å². The first-order valence-corrected chi connectivity index (χ1v) is 6.91. The number of nitrogens with zero attached hydrogens (tertiary/aromatic N) is 1. The van der Waals surface area contributed by atoms with Gasteiger partial charge in [-0.05, 0) is 25.3 Å². The Hall–Kier alpha value is -0.130. The number of sulfonamides is 1. The normalized spacial score (nSPS) is 38.6. The van der Waals surface area contributed by atoms with Crippen LogP contribution < -0.4 is 5.32 Å². The molecule has 2 unspecified atom stereocenters. The predicted octanol–water partition coefficient (Wildman–Crippen LogP) is 0.0199. The maximum atomic E-state index is 11.7. The van der Waals surface area contributed by atoms with Gasteiger partial charge in [-0.2, -0.15) is 4.31 Å². The van der Waals surface area contributed by atoms with Crippen LogP contribution in [0.5, 0.6) is 0 Å². The van der Waals surface area contributed by atoms with E-state index in [1.54, 1.807) is 4.31 Å². The molecule has 2 rings (SSSR count). The van der Waals surface area contributed by atoms with Gasteiger partial charge in [0.25, 0.3) is 0 Å². The monoisotopic (exact) mass is 218 g/mol. The predicted molar refractivity (Wildman–Crippen MR) is 55.5 cm³/mol. The fraction of sp³-hybridized carbons (Fsp3) is 1.00. The second kappa shape index (κ2) is 3.79. The van der Waals surface area contributed by atoms with Gasteiger partial charge in [-0.15, -0.1) is 0 Å². The summed E-state index contributed by atoms with van der Waals surface area (Å²) in [5.41, 5.74) is 0. The highest BCUT2D eigenvalue weighted by Gasteiger charge is 2.35. The molecule has 2 aliphatic heterocycles. The van der Waals surface area contributed by atoms with Crippen LogP contribution in [0.4, 0.5) is 0 Å². The molecule has 0 bridgehead atoms. The Bertz CT molecular complexity index is 302. The average Bonchev–Trinajstić information content (AvgIpc) is 2.45. The van der Waals surface area contributed by atoms with Crippen molar-refractivity contribution in [1.82, 2.24) is 9.62 Å². The van der Waals surface area contributed by atoms with Crippen LogP contribution in [0.3, 0.4) is 0 Å². The third-order valence-corrected chi connectivity index (χ3v) is 5.09. The summed E-state index contributed by atoms with van der Waals surface area (Å²) in [7, 11) is -2.92. The largest absolute Gasteiger partial charge is 0.315 e. The molecule has 2 aliphatic rings. The molecule has 0 saturated carbocycles. The lowest BCUT2D eigenvalue weighted by atomic mass is 9.98. The van der Waals surface area contributed by atoms with E-state index in [0.29, 0.717) is 11.7 Å². The summed E-state index contributed by atoms with van der Waals surface area (Å²) in [5.74, 6) is 0.933. The Morgan fingerprint density at radius 1 is 1.36 bits per heavy atom. The minimum absolute atomic E-state index is 0.200. The van der Waals surface area contributed by atoms with Crippen LogP contribution >= 0.6 is 0 Å². The second-order valence-corrected chi connectivity index (χ2v) is 6.47. The zero-order chi connectivity index (χ0) is 10.2. The van der Waals surface area contributed by atoms with E-state index in [1.165, 1.54) is 0 Å². The van der Waals surface area contributed by atoms with Gasteiger partial charge >= 0.3 is 0 Å². The number of piperidine rings is 1. The van der Waals surface area contributed by atoms with Gasteiger partial charge in [0.05, 0.1) is 5.75 Å². The number of hydrogen-bond donors (Lipinski definition) is 1. The van der Waals surface area contributed by atoms with Crippen molar-refractivity contribution in [2.24, 2.45) is 5.92 Å². The topological polar surface area (TPSA) is 49.4 Å². The minimum Gasteiger partial charge on any atom is -0.315 e. The van der Waals surface area contributed by atoms with E-state index in [-0.39, 0.29) is 6.04 Å². The summed E-state index contributed by atoms with van der Waals surface area (Å²) in [4.78, 5) is 0. The second-order valence-electron chi connectivity index (χ2n) is 4.43. The molecule has 2 heterocycles. The van der Waals surface area contributed by atoms with E-state index in [2.05, 4.69) is 12.2 Å². The molecule has 0 amide bonds. The first-order valence-electron chi connectivity index (χ1n) is 5.30. The van der Waals surface area contributed by atoms with Crippen molar-refractivity contribution in [2.75, 3.05) is 25.4 Å². The van der Waals surface area contributed by atoms with Gasteiger partial charge in [0.1, 0.15) is 0 Å². The summed E-state index contributed by atoms with van der Waals surface area (Å²) >= 11 is 0. The average molecular weight is 218 g/mol. The third-order valence-electron chi connectivity index (χ3n) is 3.09. The summed E-state index contributed by atoms with van der Waals surface area (Å²) in [5, 5.41) is 3.29. The van der Waals surface area contributed by atoms with Crippen LogP contribution in [0.15, 0.2) is 0 Å². The molecule has 2 fully saturated rings. The van der Waals surface area contributed by atoms with Gasteiger partial charge in [0.15, 0.2) is 0 Å². The Morgan fingerprint density at radius 3 is 2.71 bits per heavy atom. The molecule has 0 aromatic carbocycles. The molecule has 2 saturated heterocycles. The summed E-state index contributed by atoms with van der Waals surface area (Å²) < 4.78 is 25.0. The van der Waals surface area contributed by atoms with Crippen molar-refractivity contribution < 1.29 is 8.42 Å². The SMILES string of the molecule is CC1CNCC(N2CCCS2(=O)=O)C1. The van der Waals surface area contributed by atoms with Gasteiger partial charge in [-0.3, -0.25) is 0 Å². The van der Waals surface area contributed by atoms with Crippen LogP contribution in [-0.2, 0) is 10.0 Å². The molecule has 82 valence electrons. The lowest BCUT2D eigenvalue weighted by molar-refractivity contribution is 0.240. The zero-order valence-corrected chi connectivity index (χ0v) is 9.39. The highest BCUT2D eigenvalue weighted by atomic mass is 32.2. The van der Waals surface area contributed by atoms with Crippen LogP contribution in [-0.4, -0.2) is 44.2 Å². The Labute approximate surface area is 85.7 Å². The molecule has 0 aliphatic carbocycles. The lowest BCUT2D eigenvalue weighted by Crippen LogP contribution is -2.49. The molecule has 0 aromatic heterocycles. The van der Waals surface area contributed by atoms with Gasteiger partial charge in [0, 0.05) is 19.1 Å². The lowest BCUT2D eigenvalue weighted by Gasteiger charge is -2.33. The third kappa shape index (κ3) is 1.94. The number of rotatable bonds is 1. The molecule has 5 heteroatoms. The van der Waals surface area contributed by atoms with Crippen LogP contribution in [0, 0.1) is 5.92 Å². The Balaban J connectivity index is 2.07. The van der Waals surface area contributed by atoms with E-state index in [1.807, 2.05) is 0 Å². The summed E-state index contributed by atoms with van der Waals surface area (Å²) in [6, 6.07) is 0.200. The molecule has 0 spiro atoms. The van der Waals surface area contributed by atoms with E-state index >= 15 is 0 Å². The fourth-order valence-corrected chi connectivity index (χ4v) is 4.17. The maximum Gasteiger partial charge on any atom is 0.214 e. The molecule has 0 radical (unpaired) electrons. The van der Waals surface area contributed by atoms with E-state index in [9.17, 15) is 8.42 Å². The smallest absolute Gasteiger partial charge is 0.214 e. The fourth-order valence-electron chi connectivity index (χ4n) is 2.42. The Morgan fingerprint density at radius 2 is 2.14 bits per heavy atom. The van der Waals surface area contributed by atoms with Crippen molar-refractivity contribution in [1.29, 1.82) is 0 Å². The molecular formula is C9H18N2O2S. The van der Waals surface area contributed by atoms with Crippen molar-refractivity contribution in [3.63, 3.8) is 0 Å². The highest BCUT2D eigenvalue weighted by Crippen LogP contribution is 2.23. The van der Waals surface area contributed by atoms with Crippen molar-refractivity contribution in [3.8, 4) is 0 Å². The molecule has 0 aromatic rings. The summed E-state index contributed by atoms with van der Waals surface area (Å²) in [6.45, 7) is 4.73. The first-order chi connectivity index (χ1) is 6.59. The van der Waals surface area contributed by atoms with Crippen LogP contribution in [0.2, 0.25) is 0 Å². The van der Waals surface area contributed by atoms with Crippen molar-refractivity contribution >= 4 is 10.0 Å². The van der Waals surface area contributed by atoms with Gasteiger partial charge < -0.3 is 5.32 Å². The van der Waals surface area contributed by atoms with E-state index in [0.717, 1.165) is 32.5 Å². The van der Waals surface area contributed by atoms with Crippen molar-refractivity contribution in [2.45, 2.75) is 25.8 Å². The molecule has 1 N–H and O–H groups in total. The van der Waals surface area contributed by atoms with Crippen LogP contribution in [0.1, 0.15) is 19.8 Å². The van der Waals surface area contributed by atoms with Crippen LogP contribution in [0.25, 0.3) is 0 Å². The Kier molecular flexibility index (Phi) is 2.81.